The molecule has 0 heterocycles. The lowest BCUT2D eigenvalue weighted by atomic mass is 9.99. The Balaban J connectivity index is 2.57. The number of carbonyl (C=O) groups is 1. The highest BCUT2D eigenvalue weighted by Gasteiger charge is 2.19. The lowest BCUT2D eigenvalue weighted by Crippen LogP contribution is -2.40. The standard InChI is InChI=1S/C16H27N3O2/c1-5-12(2)15(17)16(20)18-13-7-6-8-14(11-13)21-10-9-19(3)4/h6-8,11-12,15H,5,9-10,17H2,1-4H3,(H,18,20). The van der Waals surface area contributed by atoms with E-state index in [1.54, 1.807) is 0 Å². The number of nitrogens with two attached hydrogens (primary N) is 1. The molecule has 0 aliphatic rings. The summed E-state index contributed by atoms with van der Waals surface area (Å²) in [5, 5.41) is 2.84. The van der Waals surface area contributed by atoms with E-state index in [0.717, 1.165) is 18.7 Å². The lowest BCUT2D eigenvalue weighted by Gasteiger charge is -2.18. The first-order valence-electron chi connectivity index (χ1n) is 7.38. The van der Waals surface area contributed by atoms with Crippen molar-refractivity contribution >= 4 is 11.6 Å². The van der Waals surface area contributed by atoms with Gasteiger partial charge in [-0.05, 0) is 32.1 Å². The quantitative estimate of drug-likeness (QED) is 0.768. The van der Waals surface area contributed by atoms with Crippen LogP contribution in [0.25, 0.3) is 0 Å². The van der Waals surface area contributed by atoms with Crippen LogP contribution in [0, 0.1) is 5.92 Å². The Kier molecular flexibility index (Phi) is 7.19. The van der Waals surface area contributed by atoms with E-state index in [1.165, 1.54) is 0 Å². The van der Waals surface area contributed by atoms with Crippen molar-refractivity contribution in [2.45, 2.75) is 26.3 Å². The van der Waals surface area contributed by atoms with Crippen LogP contribution in [0.4, 0.5) is 5.69 Å². The first-order valence-corrected chi connectivity index (χ1v) is 7.38. The molecule has 1 aromatic rings. The average molecular weight is 293 g/mol. The molecule has 2 unspecified atom stereocenters. The van der Waals surface area contributed by atoms with Gasteiger partial charge in [0, 0.05) is 18.3 Å². The van der Waals surface area contributed by atoms with Gasteiger partial charge in [-0.1, -0.05) is 26.3 Å². The van der Waals surface area contributed by atoms with E-state index in [4.69, 9.17) is 10.5 Å². The van der Waals surface area contributed by atoms with Gasteiger partial charge in [0.15, 0.2) is 0 Å². The van der Waals surface area contributed by atoms with E-state index in [9.17, 15) is 4.79 Å². The van der Waals surface area contributed by atoms with Crippen LogP contribution >= 0.6 is 0 Å². The number of nitrogens with one attached hydrogen (secondary N) is 1. The molecular weight excluding hydrogens is 266 g/mol. The lowest BCUT2D eigenvalue weighted by molar-refractivity contribution is -0.118. The predicted octanol–water partition coefficient (Wildman–Crippen LogP) is 1.94. The molecule has 1 aromatic carbocycles. The number of amides is 1. The summed E-state index contributed by atoms with van der Waals surface area (Å²) in [6.45, 7) is 5.45. The van der Waals surface area contributed by atoms with Gasteiger partial charge >= 0.3 is 0 Å². The Morgan fingerprint density at radius 2 is 2.14 bits per heavy atom. The first kappa shape index (κ1) is 17.5. The van der Waals surface area contributed by atoms with Crippen molar-refractivity contribution in [2.24, 2.45) is 11.7 Å². The summed E-state index contributed by atoms with van der Waals surface area (Å²) >= 11 is 0. The van der Waals surface area contributed by atoms with Crippen LogP contribution < -0.4 is 15.8 Å². The van der Waals surface area contributed by atoms with Crippen molar-refractivity contribution < 1.29 is 9.53 Å². The van der Waals surface area contributed by atoms with Crippen LogP contribution in [0.2, 0.25) is 0 Å². The van der Waals surface area contributed by atoms with Crippen molar-refractivity contribution in [3.63, 3.8) is 0 Å². The van der Waals surface area contributed by atoms with E-state index in [2.05, 4.69) is 10.2 Å². The fourth-order valence-electron chi connectivity index (χ4n) is 1.75. The molecule has 0 saturated heterocycles. The van der Waals surface area contributed by atoms with Gasteiger partial charge in [0.1, 0.15) is 12.4 Å². The average Bonchev–Trinajstić information content (AvgIpc) is 2.45. The summed E-state index contributed by atoms with van der Waals surface area (Å²) in [4.78, 5) is 14.1. The number of hydrogen-bond acceptors (Lipinski definition) is 4. The van der Waals surface area contributed by atoms with Crippen LogP contribution in [0.1, 0.15) is 20.3 Å². The smallest absolute Gasteiger partial charge is 0.241 e. The van der Waals surface area contributed by atoms with E-state index in [1.807, 2.05) is 52.2 Å². The molecule has 0 aliphatic carbocycles. The third-order valence-corrected chi connectivity index (χ3v) is 3.47. The van der Waals surface area contributed by atoms with Crippen molar-refractivity contribution in [1.82, 2.24) is 4.90 Å². The molecule has 0 fully saturated rings. The minimum atomic E-state index is -0.492. The molecule has 0 bridgehead atoms. The second-order valence-corrected chi connectivity index (χ2v) is 5.58. The van der Waals surface area contributed by atoms with Crippen LogP contribution in [0.3, 0.4) is 0 Å². The van der Waals surface area contributed by atoms with Gasteiger partial charge in [-0.2, -0.15) is 0 Å². The Labute approximate surface area is 127 Å². The summed E-state index contributed by atoms with van der Waals surface area (Å²) in [5.41, 5.74) is 6.63. The predicted molar refractivity (Wildman–Crippen MR) is 86.6 cm³/mol. The summed E-state index contributed by atoms with van der Waals surface area (Å²) in [6, 6.07) is 6.89. The van der Waals surface area contributed by atoms with Gasteiger partial charge < -0.3 is 20.7 Å². The molecule has 21 heavy (non-hydrogen) atoms. The molecule has 1 amide bonds. The second-order valence-electron chi connectivity index (χ2n) is 5.58. The molecule has 3 N–H and O–H groups in total. The number of ether oxygens (including phenoxy) is 1. The highest BCUT2D eigenvalue weighted by Crippen LogP contribution is 2.18. The zero-order chi connectivity index (χ0) is 15.8. The first-order chi connectivity index (χ1) is 9.93. The zero-order valence-corrected chi connectivity index (χ0v) is 13.4. The maximum absolute atomic E-state index is 12.0. The van der Waals surface area contributed by atoms with Crippen molar-refractivity contribution in [2.75, 3.05) is 32.6 Å². The SMILES string of the molecule is CCC(C)C(N)C(=O)Nc1cccc(OCCN(C)C)c1. The minimum Gasteiger partial charge on any atom is -0.492 e. The number of likely N-dealkylation sites (N-methyl/N-ethyl adjacent to an activating group) is 1. The third-order valence-electron chi connectivity index (χ3n) is 3.47. The number of hydrogen-bond donors (Lipinski definition) is 2. The van der Waals surface area contributed by atoms with Gasteiger partial charge in [0.2, 0.25) is 5.91 Å². The van der Waals surface area contributed by atoms with Gasteiger partial charge in [-0.15, -0.1) is 0 Å². The van der Waals surface area contributed by atoms with Crippen LogP contribution in [0.5, 0.6) is 5.75 Å². The van der Waals surface area contributed by atoms with Crippen molar-refractivity contribution in [3.8, 4) is 5.75 Å². The van der Waals surface area contributed by atoms with Crippen LogP contribution in [0.15, 0.2) is 24.3 Å². The number of anilines is 1. The molecule has 5 heteroatoms. The van der Waals surface area contributed by atoms with Gasteiger partial charge in [-0.25, -0.2) is 0 Å². The van der Waals surface area contributed by atoms with Gasteiger partial charge in [-0.3, -0.25) is 4.79 Å². The van der Waals surface area contributed by atoms with Crippen molar-refractivity contribution in [1.29, 1.82) is 0 Å². The molecule has 0 radical (unpaired) electrons. The Morgan fingerprint density at radius 3 is 2.76 bits per heavy atom. The second kappa shape index (κ2) is 8.64. The minimum absolute atomic E-state index is 0.157. The monoisotopic (exact) mass is 293 g/mol. The van der Waals surface area contributed by atoms with E-state index < -0.39 is 6.04 Å². The van der Waals surface area contributed by atoms with Gasteiger partial charge in [0.05, 0.1) is 6.04 Å². The fourth-order valence-corrected chi connectivity index (χ4v) is 1.75. The molecule has 1 rings (SSSR count). The third kappa shape index (κ3) is 6.14. The Bertz CT molecular complexity index is 449. The normalized spacial score (nSPS) is 13.8. The number of benzene rings is 1. The Hall–Kier alpha value is -1.59. The number of nitrogens with zero attached hydrogens (tertiary/aromatic N) is 1. The fraction of sp³-hybridized carbons (Fsp3) is 0.562. The van der Waals surface area contributed by atoms with Crippen molar-refractivity contribution in [3.05, 3.63) is 24.3 Å². The van der Waals surface area contributed by atoms with E-state index in [-0.39, 0.29) is 11.8 Å². The maximum atomic E-state index is 12.0. The summed E-state index contributed by atoms with van der Waals surface area (Å²) in [6.07, 6.45) is 0.877. The number of rotatable bonds is 8. The largest absolute Gasteiger partial charge is 0.492 e. The molecule has 2 atom stereocenters. The molecule has 0 saturated carbocycles. The zero-order valence-electron chi connectivity index (χ0n) is 13.4. The molecule has 0 aromatic heterocycles. The van der Waals surface area contributed by atoms with E-state index >= 15 is 0 Å². The Morgan fingerprint density at radius 1 is 1.43 bits per heavy atom. The summed E-state index contributed by atoms with van der Waals surface area (Å²) in [5.74, 6) is 0.742. The summed E-state index contributed by atoms with van der Waals surface area (Å²) < 4.78 is 5.64. The molecule has 0 spiro atoms. The molecule has 5 nitrogen and oxygen atoms in total. The summed E-state index contributed by atoms with van der Waals surface area (Å²) in [7, 11) is 3.99. The topological polar surface area (TPSA) is 67.6 Å². The van der Waals surface area contributed by atoms with Gasteiger partial charge in [0.25, 0.3) is 0 Å². The number of carbonyl (C=O) groups excluding carboxylic acids is 1. The maximum Gasteiger partial charge on any atom is 0.241 e. The van der Waals surface area contributed by atoms with Crippen LogP contribution in [-0.2, 0) is 4.79 Å². The van der Waals surface area contributed by atoms with E-state index in [0.29, 0.717) is 12.3 Å². The highest BCUT2D eigenvalue weighted by atomic mass is 16.5. The van der Waals surface area contributed by atoms with Crippen LogP contribution in [-0.4, -0.2) is 44.1 Å². The molecule has 0 aliphatic heterocycles. The highest BCUT2D eigenvalue weighted by molar-refractivity contribution is 5.95. The molecular formula is C16H27N3O2. The molecule has 118 valence electrons.